The van der Waals surface area contributed by atoms with Crippen LogP contribution in [0.5, 0.6) is 0 Å². The Hall–Kier alpha value is -5.69. The highest BCUT2D eigenvalue weighted by atomic mass is 16.6. The molecule has 1 atom stereocenters. The molecule has 0 bridgehead atoms. The summed E-state index contributed by atoms with van der Waals surface area (Å²) < 4.78 is 5.72. The predicted octanol–water partition coefficient (Wildman–Crippen LogP) is 6.82. The van der Waals surface area contributed by atoms with Gasteiger partial charge in [-0.15, -0.1) is 0 Å². The molecule has 2 N–H and O–H groups in total. The Morgan fingerprint density at radius 1 is 0.696 bits per heavy atom. The molecule has 6 rings (SSSR count). The maximum atomic E-state index is 13.9. The average molecular weight is 611 g/mol. The SMILES string of the molecule is CN(C(=O)OCC1c2ccccc2-c2ccccc21)[C@@H](CC(=O)NC(c1ccccc1)(c1ccccc1)c1ccccc1)C(=O)O. The molecule has 0 spiro atoms. The number of carbonyl (C=O) groups is 3. The number of likely N-dealkylation sites (N-methyl/N-ethyl adjacent to an activating group) is 1. The van der Waals surface area contributed by atoms with Gasteiger partial charge in [0, 0.05) is 13.0 Å². The zero-order chi connectivity index (χ0) is 32.1. The summed E-state index contributed by atoms with van der Waals surface area (Å²) in [5.41, 5.74) is 5.57. The molecular weight excluding hydrogens is 576 g/mol. The van der Waals surface area contributed by atoms with Gasteiger partial charge < -0.3 is 15.2 Å². The van der Waals surface area contributed by atoms with Gasteiger partial charge in [0.05, 0.1) is 6.42 Å². The summed E-state index contributed by atoms with van der Waals surface area (Å²) in [7, 11) is 1.35. The highest BCUT2D eigenvalue weighted by Crippen LogP contribution is 2.44. The Kier molecular flexibility index (Phi) is 8.65. The van der Waals surface area contributed by atoms with Gasteiger partial charge in [-0.2, -0.15) is 0 Å². The maximum absolute atomic E-state index is 13.9. The van der Waals surface area contributed by atoms with E-state index < -0.39 is 36.0 Å². The average Bonchev–Trinajstić information content (AvgIpc) is 3.42. The Balaban J connectivity index is 1.24. The van der Waals surface area contributed by atoms with Crippen LogP contribution in [0.25, 0.3) is 11.1 Å². The number of amides is 2. The van der Waals surface area contributed by atoms with Gasteiger partial charge in [0.25, 0.3) is 0 Å². The Morgan fingerprint density at radius 2 is 1.11 bits per heavy atom. The van der Waals surface area contributed by atoms with E-state index in [4.69, 9.17) is 4.74 Å². The molecule has 7 nitrogen and oxygen atoms in total. The molecule has 0 unspecified atom stereocenters. The van der Waals surface area contributed by atoms with Gasteiger partial charge in [-0.3, -0.25) is 9.69 Å². The number of hydrogen-bond acceptors (Lipinski definition) is 4. The highest BCUT2D eigenvalue weighted by Gasteiger charge is 2.40. The molecule has 1 aliphatic rings. The molecule has 0 saturated heterocycles. The number of benzene rings is 5. The number of carboxylic acid groups (broad SMARTS) is 1. The molecule has 0 fully saturated rings. The van der Waals surface area contributed by atoms with Gasteiger partial charge in [-0.25, -0.2) is 9.59 Å². The lowest BCUT2D eigenvalue weighted by Gasteiger charge is -2.37. The van der Waals surface area contributed by atoms with E-state index in [0.717, 1.165) is 43.8 Å². The summed E-state index contributed by atoms with van der Waals surface area (Å²) >= 11 is 0. The third-order valence-corrected chi connectivity index (χ3v) is 8.70. The first kappa shape index (κ1) is 30.3. The van der Waals surface area contributed by atoms with Crippen molar-refractivity contribution in [2.45, 2.75) is 23.9 Å². The van der Waals surface area contributed by atoms with Crippen LogP contribution in [0.3, 0.4) is 0 Å². The van der Waals surface area contributed by atoms with Crippen molar-refractivity contribution in [2.75, 3.05) is 13.7 Å². The van der Waals surface area contributed by atoms with E-state index in [2.05, 4.69) is 5.32 Å². The van der Waals surface area contributed by atoms with Crippen molar-refractivity contribution in [3.63, 3.8) is 0 Å². The Morgan fingerprint density at radius 3 is 1.54 bits per heavy atom. The second-order valence-corrected chi connectivity index (χ2v) is 11.4. The first-order valence-corrected chi connectivity index (χ1v) is 15.2. The molecule has 2 amide bonds. The van der Waals surface area contributed by atoms with Gasteiger partial charge in [0.15, 0.2) is 0 Å². The van der Waals surface area contributed by atoms with Crippen LogP contribution in [-0.4, -0.2) is 47.7 Å². The zero-order valence-corrected chi connectivity index (χ0v) is 25.4. The lowest BCUT2D eigenvalue weighted by Crippen LogP contribution is -2.51. The first-order chi connectivity index (χ1) is 22.4. The molecule has 0 heterocycles. The van der Waals surface area contributed by atoms with Crippen molar-refractivity contribution in [1.29, 1.82) is 0 Å². The number of carbonyl (C=O) groups excluding carboxylic acids is 2. The van der Waals surface area contributed by atoms with Crippen molar-refractivity contribution in [2.24, 2.45) is 0 Å². The smallest absolute Gasteiger partial charge is 0.410 e. The van der Waals surface area contributed by atoms with Crippen molar-refractivity contribution >= 4 is 18.0 Å². The minimum absolute atomic E-state index is 0.0366. The fourth-order valence-corrected chi connectivity index (χ4v) is 6.43. The maximum Gasteiger partial charge on any atom is 0.410 e. The third-order valence-electron chi connectivity index (χ3n) is 8.70. The number of ether oxygens (including phenoxy) is 1. The van der Waals surface area contributed by atoms with E-state index in [9.17, 15) is 19.5 Å². The van der Waals surface area contributed by atoms with E-state index >= 15 is 0 Å². The second kappa shape index (κ2) is 13.1. The molecular formula is C39H34N2O5. The molecule has 5 aromatic rings. The first-order valence-electron chi connectivity index (χ1n) is 15.2. The fourth-order valence-electron chi connectivity index (χ4n) is 6.43. The zero-order valence-electron chi connectivity index (χ0n) is 25.4. The number of fused-ring (bicyclic) bond motifs is 3. The molecule has 1 aliphatic carbocycles. The van der Waals surface area contributed by atoms with Crippen molar-refractivity contribution in [3.8, 4) is 11.1 Å². The Bertz CT molecular complexity index is 1700. The highest BCUT2D eigenvalue weighted by molar-refractivity contribution is 5.88. The van der Waals surface area contributed by atoms with Gasteiger partial charge in [-0.05, 0) is 38.9 Å². The molecule has 5 aromatic carbocycles. The lowest BCUT2D eigenvalue weighted by molar-refractivity contribution is -0.144. The Labute approximate surface area is 268 Å². The largest absolute Gasteiger partial charge is 0.480 e. The number of nitrogens with zero attached hydrogens (tertiary/aromatic N) is 1. The van der Waals surface area contributed by atoms with E-state index in [0.29, 0.717) is 0 Å². The van der Waals surface area contributed by atoms with Gasteiger partial charge in [0.1, 0.15) is 18.2 Å². The van der Waals surface area contributed by atoms with E-state index in [1.165, 1.54) is 7.05 Å². The normalized spacial score (nSPS) is 12.8. The lowest BCUT2D eigenvalue weighted by atomic mass is 9.77. The summed E-state index contributed by atoms with van der Waals surface area (Å²) in [6.07, 6.45) is -1.30. The van der Waals surface area contributed by atoms with Crippen LogP contribution in [0.4, 0.5) is 4.79 Å². The summed E-state index contributed by atoms with van der Waals surface area (Å²) in [5, 5.41) is 13.4. The van der Waals surface area contributed by atoms with E-state index in [1.54, 1.807) is 0 Å². The molecule has 230 valence electrons. The molecule has 0 saturated carbocycles. The van der Waals surface area contributed by atoms with Crippen LogP contribution >= 0.6 is 0 Å². The predicted molar refractivity (Wildman–Crippen MR) is 176 cm³/mol. The van der Waals surface area contributed by atoms with Gasteiger partial charge >= 0.3 is 12.1 Å². The van der Waals surface area contributed by atoms with Crippen LogP contribution in [0.15, 0.2) is 140 Å². The van der Waals surface area contributed by atoms with Crippen LogP contribution in [0.1, 0.15) is 40.2 Å². The van der Waals surface area contributed by atoms with Crippen LogP contribution in [-0.2, 0) is 19.9 Å². The fraction of sp³-hybridized carbons (Fsp3) is 0.154. The van der Waals surface area contributed by atoms with Crippen molar-refractivity contribution < 1.29 is 24.2 Å². The molecule has 0 radical (unpaired) electrons. The summed E-state index contributed by atoms with van der Waals surface area (Å²) in [6, 6.07) is 43.1. The topological polar surface area (TPSA) is 95.9 Å². The van der Waals surface area contributed by atoms with Crippen molar-refractivity contribution in [1.82, 2.24) is 10.2 Å². The van der Waals surface area contributed by atoms with Gasteiger partial charge in [-0.1, -0.05) is 140 Å². The van der Waals surface area contributed by atoms with E-state index in [-0.39, 0.29) is 12.5 Å². The number of aliphatic carboxylic acids is 1. The number of hydrogen-bond donors (Lipinski definition) is 2. The number of carboxylic acids is 1. The number of nitrogens with one attached hydrogen (secondary N) is 1. The molecule has 46 heavy (non-hydrogen) atoms. The van der Waals surface area contributed by atoms with Crippen LogP contribution in [0, 0.1) is 0 Å². The summed E-state index contributed by atoms with van der Waals surface area (Å²) in [6.45, 7) is 0.0366. The monoisotopic (exact) mass is 610 g/mol. The van der Waals surface area contributed by atoms with Crippen LogP contribution in [0.2, 0.25) is 0 Å². The molecule has 0 aliphatic heterocycles. The summed E-state index contributed by atoms with van der Waals surface area (Å²) in [4.78, 5) is 40.7. The van der Waals surface area contributed by atoms with Crippen molar-refractivity contribution in [3.05, 3.63) is 167 Å². The minimum Gasteiger partial charge on any atom is -0.480 e. The van der Waals surface area contributed by atoms with E-state index in [1.807, 2.05) is 140 Å². The van der Waals surface area contributed by atoms with Crippen LogP contribution < -0.4 is 5.32 Å². The quantitative estimate of drug-likeness (QED) is 0.169. The van der Waals surface area contributed by atoms with Gasteiger partial charge in [0.2, 0.25) is 5.91 Å². The minimum atomic E-state index is -1.46. The third kappa shape index (κ3) is 5.75. The summed E-state index contributed by atoms with van der Waals surface area (Å²) in [5.74, 6) is -2.03. The molecule has 0 aromatic heterocycles. The number of rotatable bonds is 10. The second-order valence-electron chi connectivity index (χ2n) is 11.4. The standard InChI is InChI=1S/C39H34N2O5/c1-41(38(45)46-26-34-32-23-13-11-21-30(32)31-22-12-14-24-33(31)34)35(37(43)44)25-36(42)40-39(27-15-5-2-6-16-27,28-17-7-3-8-18-28)29-19-9-4-10-20-29/h2-24,34-35H,25-26H2,1H3,(H,40,42)(H,43,44)/t35-/m0/s1. The molecule has 7 heteroatoms.